The van der Waals surface area contributed by atoms with Gasteiger partial charge in [0.1, 0.15) is 11.5 Å². The first-order valence-corrected chi connectivity index (χ1v) is 5.92. The molecule has 19 heavy (non-hydrogen) atoms. The van der Waals surface area contributed by atoms with Gasteiger partial charge in [-0.2, -0.15) is 0 Å². The van der Waals surface area contributed by atoms with Crippen LogP contribution in [-0.2, 0) is 0 Å². The monoisotopic (exact) mass is 277 g/mol. The third-order valence-corrected chi connectivity index (χ3v) is 2.86. The summed E-state index contributed by atoms with van der Waals surface area (Å²) in [4.78, 5) is 12.1. The summed E-state index contributed by atoms with van der Waals surface area (Å²) in [5.41, 5.74) is 0.924. The summed E-state index contributed by atoms with van der Waals surface area (Å²) >= 11 is 5.78. The number of aromatic hydroxyl groups is 1. The van der Waals surface area contributed by atoms with Gasteiger partial charge in [0.05, 0.1) is 17.7 Å². The van der Waals surface area contributed by atoms with Crippen molar-refractivity contribution in [2.75, 3.05) is 12.4 Å². The fourth-order valence-electron chi connectivity index (χ4n) is 1.62. The number of carbonyl (C=O) groups excluding carboxylic acids is 1. The molecular formula is C14H12ClNO3. The van der Waals surface area contributed by atoms with Gasteiger partial charge in [-0.15, -0.1) is 0 Å². The number of ether oxygens (including phenoxy) is 1. The Morgan fingerprint density at radius 1 is 1.26 bits per heavy atom. The van der Waals surface area contributed by atoms with Crippen LogP contribution in [0.5, 0.6) is 11.5 Å². The first-order chi connectivity index (χ1) is 9.11. The number of rotatable bonds is 3. The summed E-state index contributed by atoms with van der Waals surface area (Å²) < 4.78 is 5.12. The molecular weight excluding hydrogens is 266 g/mol. The predicted molar refractivity (Wildman–Crippen MR) is 74.1 cm³/mol. The number of phenolic OH excluding ortho intramolecular Hbond substituents is 1. The highest BCUT2D eigenvalue weighted by atomic mass is 35.5. The number of phenols is 1. The SMILES string of the molecule is COc1ccccc1C(=O)Nc1ccc(O)c(Cl)c1. The molecule has 4 nitrogen and oxygen atoms in total. The number of methoxy groups -OCH3 is 1. The third kappa shape index (κ3) is 2.98. The van der Waals surface area contributed by atoms with Gasteiger partial charge in [-0.25, -0.2) is 0 Å². The van der Waals surface area contributed by atoms with E-state index in [1.54, 1.807) is 30.3 Å². The van der Waals surface area contributed by atoms with Gasteiger partial charge < -0.3 is 15.2 Å². The fraction of sp³-hybridized carbons (Fsp3) is 0.0714. The second-order valence-electron chi connectivity index (χ2n) is 3.82. The van der Waals surface area contributed by atoms with Gasteiger partial charge in [0.25, 0.3) is 5.91 Å². The molecule has 0 spiro atoms. The van der Waals surface area contributed by atoms with E-state index < -0.39 is 0 Å². The smallest absolute Gasteiger partial charge is 0.259 e. The number of hydrogen-bond acceptors (Lipinski definition) is 3. The highest BCUT2D eigenvalue weighted by molar-refractivity contribution is 6.32. The highest BCUT2D eigenvalue weighted by Gasteiger charge is 2.12. The Bertz CT molecular complexity index is 613. The molecule has 0 aliphatic carbocycles. The van der Waals surface area contributed by atoms with E-state index in [1.807, 2.05) is 0 Å². The van der Waals surface area contributed by atoms with Crippen molar-refractivity contribution < 1.29 is 14.6 Å². The topological polar surface area (TPSA) is 58.6 Å². The lowest BCUT2D eigenvalue weighted by Gasteiger charge is -2.09. The fourth-order valence-corrected chi connectivity index (χ4v) is 1.80. The van der Waals surface area contributed by atoms with Gasteiger partial charge in [0.15, 0.2) is 0 Å². The molecule has 0 bridgehead atoms. The zero-order valence-electron chi connectivity index (χ0n) is 10.2. The maximum Gasteiger partial charge on any atom is 0.259 e. The molecule has 0 fully saturated rings. The van der Waals surface area contributed by atoms with Crippen LogP contribution in [0.4, 0.5) is 5.69 Å². The molecule has 0 aromatic heterocycles. The lowest BCUT2D eigenvalue weighted by molar-refractivity contribution is 0.102. The molecule has 0 heterocycles. The van der Waals surface area contributed by atoms with E-state index in [9.17, 15) is 9.90 Å². The zero-order valence-corrected chi connectivity index (χ0v) is 10.9. The largest absolute Gasteiger partial charge is 0.506 e. The van der Waals surface area contributed by atoms with Crippen molar-refractivity contribution in [3.63, 3.8) is 0 Å². The molecule has 0 radical (unpaired) electrons. The lowest BCUT2D eigenvalue weighted by Crippen LogP contribution is -2.13. The van der Waals surface area contributed by atoms with Gasteiger partial charge in [0, 0.05) is 5.69 Å². The minimum absolute atomic E-state index is 0.0306. The van der Waals surface area contributed by atoms with Crippen LogP contribution in [0, 0.1) is 0 Å². The van der Waals surface area contributed by atoms with Gasteiger partial charge in [-0.05, 0) is 30.3 Å². The predicted octanol–water partition coefficient (Wildman–Crippen LogP) is 3.31. The number of nitrogens with one attached hydrogen (secondary N) is 1. The van der Waals surface area contributed by atoms with Crippen molar-refractivity contribution in [1.82, 2.24) is 0 Å². The maximum atomic E-state index is 12.1. The van der Waals surface area contributed by atoms with Crippen molar-refractivity contribution in [2.24, 2.45) is 0 Å². The second-order valence-corrected chi connectivity index (χ2v) is 4.23. The van der Waals surface area contributed by atoms with Gasteiger partial charge in [0.2, 0.25) is 0 Å². The average Bonchev–Trinajstić information content (AvgIpc) is 2.43. The van der Waals surface area contributed by atoms with Crippen molar-refractivity contribution in [3.8, 4) is 11.5 Å². The normalized spacial score (nSPS) is 10.0. The summed E-state index contributed by atoms with van der Waals surface area (Å²) in [6, 6.07) is 11.4. The van der Waals surface area contributed by atoms with E-state index in [0.717, 1.165) is 0 Å². The second kappa shape index (κ2) is 5.63. The standard InChI is InChI=1S/C14H12ClNO3/c1-19-13-5-3-2-4-10(13)14(18)16-9-6-7-12(17)11(15)8-9/h2-8,17H,1H3,(H,16,18). The lowest BCUT2D eigenvalue weighted by atomic mass is 10.2. The summed E-state index contributed by atoms with van der Waals surface area (Å²) in [7, 11) is 1.50. The number of amides is 1. The molecule has 0 aliphatic heterocycles. The number of benzene rings is 2. The van der Waals surface area contributed by atoms with Crippen LogP contribution in [0.1, 0.15) is 10.4 Å². The molecule has 1 amide bonds. The van der Waals surface area contributed by atoms with E-state index in [0.29, 0.717) is 17.0 Å². The summed E-state index contributed by atoms with van der Waals surface area (Å²) in [5.74, 6) is 0.154. The zero-order chi connectivity index (χ0) is 13.8. The molecule has 0 unspecified atom stereocenters. The van der Waals surface area contributed by atoms with Crippen molar-refractivity contribution in [3.05, 3.63) is 53.1 Å². The number of halogens is 1. The van der Waals surface area contributed by atoms with Gasteiger partial charge >= 0.3 is 0 Å². The van der Waals surface area contributed by atoms with Gasteiger partial charge in [-0.1, -0.05) is 23.7 Å². The van der Waals surface area contributed by atoms with Crippen LogP contribution in [0.2, 0.25) is 5.02 Å². The molecule has 0 aliphatic rings. The Kier molecular flexibility index (Phi) is 3.92. The minimum Gasteiger partial charge on any atom is -0.506 e. The molecule has 2 aromatic rings. The number of carbonyl (C=O) groups is 1. The van der Waals surface area contributed by atoms with E-state index >= 15 is 0 Å². The Balaban J connectivity index is 2.23. The van der Waals surface area contributed by atoms with E-state index in [2.05, 4.69) is 5.32 Å². The molecule has 0 atom stereocenters. The number of hydrogen-bond donors (Lipinski definition) is 2. The van der Waals surface area contributed by atoms with Crippen molar-refractivity contribution in [2.45, 2.75) is 0 Å². The molecule has 2 N–H and O–H groups in total. The van der Waals surface area contributed by atoms with Crippen LogP contribution >= 0.6 is 11.6 Å². The molecule has 2 rings (SSSR count). The van der Waals surface area contributed by atoms with Crippen LogP contribution in [-0.4, -0.2) is 18.1 Å². The van der Waals surface area contributed by atoms with E-state index in [-0.39, 0.29) is 16.7 Å². The first kappa shape index (κ1) is 13.2. The van der Waals surface area contributed by atoms with Crippen molar-refractivity contribution in [1.29, 1.82) is 0 Å². The van der Waals surface area contributed by atoms with Crippen molar-refractivity contribution >= 4 is 23.2 Å². The third-order valence-electron chi connectivity index (χ3n) is 2.56. The maximum absolute atomic E-state index is 12.1. The van der Waals surface area contributed by atoms with E-state index in [4.69, 9.17) is 16.3 Å². The molecule has 0 saturated heterocycles. The Hall–Kier alpha value is -2.20. The van der Waals surface area contributed by atoms with Crippen LogP contribution in [0.3, 0.4) is 0 Å². The molecule has 0 saturated carbocycles. The van der Waals surface area contributed by atoms with Crippen LogP contribution in [0.15, 0.2) is 42.5 Å². The van der Waals surface area contributed by atoms with Crippen LogP contribution < -0.4 is 10.1 Å². The number of anilines is 1. The highest BCUT2D eigenvalue weighted by Crippen LogP contribution is 2.27. The van der Waals surface area contributed by atoms with E-state index in [1.165, 1.54) is 19.2 Å². The number of para-hydroxylation sites is 1. The Morgan fingerprint density at radius 3 is 2.68 bits per heavy atom. The minimum atomic E-state index is -0.306. The Labute approximate surface area is 115 Å². The summed E-state index contributed by atoms with van der Waals surface area (Å²) in [6.45, 7) is 0. The summed E-state index contributed by atoms with van der Waals surface area (Å²) in [6.07, 6.45) is 0. The van der Waals surface area contributed by atoms with Crippen LogP contribution in [0.25, 0.3) is 0 Å². The average molecular weight is 278 g/mol. The Morgan fingerprint density at radius 2 is 2.00 bits per heavy atom. The molecule has 5 heteroatoms. The molecule has 2 aromatic carbocycles. The quantitative estimate of drug-likeness (QED) is 0.846. The first-order valence-electron chi connectivity index (χ1n) is 5.54. The molecule has 98 valence electrons. The van der Waals surface area contributed by atoms with Gasteiger partial charge in [-0.3, -0.25) is 4.79 Å². The summed E-state index contributed by atoms with van der Waals surface area (Å²) in [5, 5.41) is 12.2.